The van der Waals surface area contributed by atoms with E-state index in [2.05, 4.69) is 30.4 Å². The maximum Gasteiger partial charge on any atom is 0.227 e. The molecular weight excluding hydrogens is 363 g/mol. The highest BCUT2D eigenvalue weighted by molar-refractivity contribution is 5.66. The molecule has 1 spiro atoms. The van der Waals surface area contributed by atoms with Gasteiger partial charge in [-0.15, -0.1) is 0 Å². The number of hydrogen-bond acceptors (Lipinski definition) is 7. The Morgan fingerprint density at radius 3 is 2.79 bits per heavy atom. The number of H-pyrrole nitrogens is 1. The van der Waals surface area contributed by atoms with Crippen molar-refractivity contribution in [2.24, 2.45) is 5.41 Å². The van der Waals surface area contributed by atoms with Gasteiger partial charge in [-0.25, -0.2) is 9.37 Å². The van der Waals surface area contributed by atoms with Crippen LogP contribution >= 0.6 is 0 Å². The average molecular weight is 382 g/mol. The molecule has 0 radical (unpaired) electrons. The number of ether oxygens (including phenoxy) is 2. The van der Waals surface area contributed by atoms with Crippen LogP contribution in [-0.2, 0) is 4.74 Å². The summed E-state index contributed by atoms with van der Waals surface area (Å²) in [5.41, 5.74) is 1.27. The van der Waals surface area contributed by atoms with Crippen LogP contribution in [0, 0.1) is 11.2 Å². The Bertz CT molecular complexity index is 1010. The Morgan fingerprint density at radius 2 is 2.07 bits per heavy atom. The second-order valence-electron chi connectivity index (χ2n) is 7.23. The molecule has 4 heterocycles. The van der Waals surface area contributed by atoms with E-state index in [1.54, 1.807) is 30.5 Å². The van der Waals surface area contributed by atoms with Crippen molar-refractivity contribution >= 4 is 17.6 Å². The normalized spacial score (nSPS) is 17.1. The van der Waals surface area contributed by atoms with Crippen molar-refractivity contribution in [2.45, 2.75) is 0 Å². The largest absolute Gasteiger partial charge is 0.497 e. The number of benzene rings is 1. The highest BCUT2D eigenvalue weighted by atomic mass is 19.1. The van der Waals surface area contributed by atoms with Gasteiger partial charge in [-0.3, -0.25) is 5.10 Å². The van der Waals surface area contributed by atoms with Gasteiger partial charge in [0, 0.05) is 37.0 Å². The SMILES string of the molecule is COc1ccc(-c2cc(Nc3ccnc(N4CC5(COC5)C4)n3)n[nH]2)c(F)c1. The van der Waals surface area contributed by atoms with Crippen molar-refractivity contribution in [3.8, 4) is 17.0 Å². The fourth-order valence-corrected chi connectivity index (χ4v) is 3.54. The smallest absolute Gasteiger partial charge is 0.227 e. The van der Waals surface area contributed by atoms with Crippen LogP contribution in [0.1, 0.15) is 0 Å². The quantitative estimate of drug-likeness (QED) is 0.701. The molecule has 0 amide bonds. The van der Waals surface area contributed by atoms with Crippen molar-refractivity contribution in [2.75, 3.05) is 43.6 Å². The number of methoxy groups -OCH3 is 1. The number of aromatic nitrogens is 4. The summed E-state index contributed by atoms with van der Waals surface area (Å²) in [6.07, 6.45) is 1.71. The number of rotatable bonds is 5. The van der Waals surface area contributed by atoms with E-state index >= 15 is 0 Å². The molecule has 8 nitrogen and oxygen atoms in total. The molecular formula is C19H19FN6O2. The van der Waals surface area contributed by atoms with Gasteiger partial charge in [0.2, 0.25) is 5.95 Å². The lowest BCUT2D eigenvalue weighted by Gasteiger charge is -2.54. The molecule has 28 heavy (non-hydrogen) atoms. The molecule has 0 atom stereocenters. The zero-order valence-electron chi connectivity index (χ0n) is 15.3. The molecule has 2 N–H and O–H groups in total. The number of nitrogens with zero attached hydrogens (tertiary/aromatic N) is 4. The monoisotopic (exact) mass is 382 g/mol. The Morgan fingerprint density at radius 1 is 1.21 bits per heavy atom. The highest BCUT2D eigenvalue weighted by Gasteiger charge is 2.49. The molecule has 0 unspecified atom stereocenters. The summed E-state index contributed by atoms with van der Waals surface area (Å²) in [5, 5.41) is 10.2. The van der Waals surface area contributed by atoms with Gasteiger partial charge in [0.15, 0.2) is 5.82 Å². The summed E-state index contributed by atoms with van der Waals surface area (Å²) in [5.74, 6) is 1.94. The highest BCUT2D eigenvalue weighted by Crippen LogP contribution is 2.39. The molecule has 5 rings (SSSR count). The van der Waals surface area contributed by atoms with Gasteiger partial charge < -0.3 is 19.7 Å². The predicted octanol–water partition coefficient (Wildman–Crippen LogP) is 2.59. The average Bonchev–Trinajstić information content (AvgIpc) is 3.07. The Balaban J connectivity index is 1.30. The van der Waals surface area contributed by atoms with Gasteiger partial charge in [0.1, 0.15) is 17.4 Å². The van der Waals surface area contributed by atoms with Crippen molar-refractivity contribution in [1.29, 1.82) is 0 Å². The molecule has 9 heteroatoms. The maximum atomic E-state index is 14.3. The Hall–Kier alpha value is -3.20. The van der Waals surface area contributed by atoms with Crippen LogP contribution in [0.4, 0.5) is 22.0 Å². The van der Waals surface area contributed by atoms with E-state index in [-0.39, 0.29) is 5.82 Å². The zero-order valence-corrected chi connectivity index (χ0v) is 15.3. The number of hydrogen-bond donors (Lipinski definition) is 2. The zero-order chi connectivity index (χ0) is 19.1. The molecule has 2 aliphatic rings. The number of halogens is 1. The van der Waals surface area contributed by atoms with Crippen molar-refractivity contribution in [3.63, 3.8) is 0 Å². The molecule has 2 saturated heterocycles. The fourth-order valence-electron chi connectivity index (χ4n) is 3.54. The topological polar surface area (TPSA) is 88.2 Å². The molecule has 0 aliphatic carbocycles. The minimum atomic E-state index is -0.384. The fraction of sp³-hybridized carbons (Fsp3) is 0.316. The Kier molecular flexibility index (Phi) is 3.90. The summed E-state index contributed by atoms with van der Waals surface area (Å²) in [6.45, 7) is 3.47. The van der Waals surface area contributed by atoms with Crippen LogP contribution in [0.2, 0.25) is 0 Å². The van der Waals surface area contributed by atoms with Crippen LogP contribution in [0.15, 0.2) is 36.5 Å². The van der Waals surface area contributed by atoms with E-state index in [0.717, 1.165) is 26.3 Å². The lowest BCUT2D eigenvalue weighted by molar-refractivity contribution is -0.127. The van der Waals surface area contributed by atoms with Crippen molar-refractivity contribution < 1.29 is 13.9 Å². The predicted molar refractivity (Wildman–Crippen MR) is 101 cm³/mol. The third-order valence-corrected chi connectivity index (χ3v) is 5.10. The molecule has 3 aromatic rings. The molecule has 2 aromatic heterocycles. The molecule has 144 valence electrons. The van der Waals surface area contributed by atoms with Crippen LogP contribution in [0.3, 0.4) is 0 Å². The first-order valence-electron chi connectivity index (χ1n) is 8.96. The number of nitrogens with one attached hydrogen (secondary N) is 2. The third kappa shape index (κ3) is 2.93. The lowest BCUT2D eigenvalue weighted by Crippen LogP contribution is -2.66. The van der Waals surface area contributed by atoms with Gasteiger partial charge >= 0.3 is 0 Å². The Labute approximate surface area is 160 Å². The molecule has 2 aliphatic heterocycles. The van der Waals surface area contributed by atoms with Gasteiger partial charge in [-0.2, -0.15) is 10.1 Å². The van der Waals surface area contributed by atoms with E-state index in [0.29, 0.717) is 40.0 Å². The second-order valence-corrected chi connectivity index (χ2v) is 7.23. The third-order valence-electron chi connectivity index (χ3n) is 5.10. The standard InChI is InChI=1S/C19H19FN6O2/c1-27-12-2-3-13(14(20)6-12)15-7-17(25-24-15)22-16-4-5-21-18(23-16)26-8-19(9-26)10-28-11-19/h2-7H,8-11H2,1H3,(H2,21,22,23,24,25). The second kappa shape index (κ2) is 6.45. The minimum Gasteiger partial charge on any atom is -0.497 e. The first kappa shape index (κ1) is 16.9. The molecule has 0 bridgehead atoms. The van der Waals surface area contributed by atoms with Gasteiger partial charge in [0.25, 0.3) is 0 Å². The van der Waals surface area contributed by atoms with Crippen LogP contribution in [0.25, 0.3) is 11.3 Å². The molecule has 1 aromatic carbocycles. The number of anilines is 3. The molecule has 2 fully saturated rings. The maximum absolute atomic E-state index is 14.3. The van der Waals surface area contributed by atoms with E-state index in [4.69, 9.17) is 9.47 Å². The van der Waals surface area contributed by atoms with E-state index in [1.807, 2.05) is 0 Å². The van der Waals surface area contributed by atoms with E-state index in [1.165, 1.54) is 13.2 Å². The lowest BCUT2D eigenvalue weighted by atomic mass is 9.78. The van der Waals surface area contributed by atoms with E-state index in [9.17, 15) is 4.39 Å². The summed E-state index contributed by atoms with van der Waals surface area (Å²) in [7, 11) is 1.50. The molecule has 0 saturated carbocycles. The first-order chi connectivity index (χ1) is 13.6. The first-order valence-corrected chi connectivity index (χ1v) is 8.96. The van der Waals surface area contributed by atoms with Gasteiger partial charge in [-0.1, -0.05) is 0 Å². The van der Waals surface area contributed by atoms with Gasteiger partial charge in [-0.05, 0) is 18.2 Å². The number of aromatic amines is 1. The van der Waals surface area contributed by atoms with Crippen LogP contribution in [-0.4, -0.2) is 53.6 Å². The van der Waals surface area contributed by atoms with Crippen LogP contribution < -0.4 is 15.0 Å². The van der Waals surface area contributed by atoms with E-state index < -0.39 is 0 Å². The van der Waals surface area contributed by atoms with Gasteiger partial charge in [0.05, 0.1) is 31.4 Å². The minimum absolute atomic E-state index is 0.298. The summed E-state index contributed by atoms with van der Waals surface area (Å²) >= 11 is 0. The summed E-state index contributed by atoms with van der Waals surface area (Å²) in [4.78, 5) is 11.0. The van der Waals surface area contributed by atoms with Crippen molar-refractivity contribution in [3.05, 3.63) is 42.3 Å². The van der Waals surface area contributed by atoms with Crippen LogP contribution in [0.5, 0.6) is 5.75 Å². The summed E-state index contributed by atoms with van der Waals surface area (Å²) < 4.78 is 24.6. The summed E-state index contributed by atoms with van der Waals surface area (Å²) in [6, 6.07) is 8.20. The van der Waals surface area contributed by atoms with Crippen molar-refractivity contribution in [1.82, 2.24) is 20.2 Å².